The second-order valence-corrected chi connectivity index (χ2v) is 7.51. The maximum atomic E-state index is 11.7. The van der Waals surface area contributed by atoms with Crippen molar-refractivity contribution >= 4 is 33.0 Å². The van der Waals surface area contributed by atoms with Gasteiger partial charge in [-0.1, -0.05) is 18.7 Å². The highest BCUT2D eigenvalue weighted by Crippen LogP contribution is 2.31. The van der Waals surface area contributed by atoms with Crippen LogP contribution in [0.2, 0.25) is 0 Å². The molecule has 0 bridgehead atoms. The zero-order valence-electron chi connectivity index (χ0n) is 15.2. The molecule has 1 aliphatic rings. The van der Waals surface area contributed by atoms with Gasteiger partial charge in [-0.25, -0.2) is 4.52 Å². The van der Waals surface area contributed by atoms with Crippen LogP contribution in [-0.2, 0) is 4.79 Å². The van der Waals surface area contributed by atoms with Gasteiger partial charge in [-0.15, -0.1) is 0 Å². The van der Waals surface area contributed by atoms with Crippen LogP contribution >= 0.6 is 15.9 Å². The molecule has 1 aromatic carbocycles. The van der Waals surface area contributed by atoms with E-state index < -0.39 is 0 Å². The van der Waals surface area contributed by atoms with Gasteiger partial charge in [-0.3, -0.25) is 4.79 Å². The predicted octanol–water partition coefficient (Wildman–Crippen LogP) is 3.47. The molecule has 0 atom stereocenters. The smallest absolute Gasteiger partial charge is 0.246 e. The van der Waals surface area contributed by atoms with E-state index in [-0.39, 0.29) is 5.91 Å². The lowest BCUT2D eigenvalue weighted by atomic mass is 10.0. The third kappa shape index (κ3) is 3.27. The number of piperazine rings is 1. The Hall–Kier alpha value is -3.11. The summed E-state index contributed by atoms with van der Waals surface area (Å²) >= 11 is 3.52. The average Bonchev–Trinajstić information content (AvgIpc) is 3.15. The molecular formula is C21H18BrN5O. The highest BCUT2D eigenvalue weighted by molar-refractivity contribution is 9.10. The fourth-order valence-electron chi connectivity index (χ4n) is 3.56. The number of amides is 1. The molecular weight excluding hydrogens is 418 g/mol. The number of benzene rings is 1. The number of nitrogens with zero attached hydrogens (tertiary/aromatic N) is 5. The van der Waals surface area contributed by atoms with Gasteiger partial charge in [0, 0.05) is 48.1 Å². The van der Waals surface area contributed by atoms with E-state index >= 15 is 0 Å². The minimum absolute atomic E-state index is 0.0113. The number of anilines is 1. The van der Waals surface area contributed by atoms with Crippen LogP contribution in [0.4, 0.5) is 5.69 Å². The summed E-state index contributed by atoms with van der Waals surface area (Å²) in [6.45, 7) is 6.53. The normalized spacial score (nSPS) is 14.1. The molecule has 3 heterocycles. The van der Waals surface area contributed by atoms with Crippen molar-refractivity contribution in [1.29, 1.82) is 5.26 Å². The first-order valence-electron chi connectivity index (χ1n) is 8.94. The molecule has 1 amide bonds. The summed E-state index contributed by atoms with van der Waals surface area (Å²) in [6.07, 6.45) is 4.80. The average molecular weight is 436 g/mol. The maximum Gasteiger partial charge on any atom is 0.246 e. The molecule has 0 unspecified atom stereocenters. The summed E-state index contributed by atoms with van der Waals surface area (Å²) in [5, 5.41) is 13.7. The second kappa shape index (κ2) is 7.49. The van der Waals surface area contributed by atoms with Gasteiger partial charge in [-0.05, 0) is 45.8 Å². The fraction of sp³-hybridized carbons (Fsp3) is 0.190. The van der Waals surface area contributed by atoms with Crippen molar-refractivity contribution in [2.24, 2.45) is 0 Å². The first-order valence-corrected chi connectivity index (χ1v) is 9.73. The van der Waals surface area contributed by atoms with E-state index in [1.807, 2.05) is 17.2 Å². The molecule has 140 valence electrons. The lowest BCUT2D eigenvalue weighted by molar-refractivity contribution is -0.126. The number of aromatic nitrogens is 2. The van der Waals surface area contributed by atoms with Gasteiger partial charge < -0.3 is 9.80 Å². The van der Waals surface area contributed by atoms with Gasteiger partial charge in [0.2, 0.25) is 5.91 Å². The Balaban J connectivity index is 1.61. The number of hydrogen-bond acceptors (Lipinski definition) is 4. The van der Waals surface area contributed by atoms with E-state index in [0.29, 0.717) is 18.7 Å². The predicted molar refractivity (Wildman–Crippen MR) is 112 cm³/mol. The van der Waals surface area contributed by atoms with Crippen LogP contribution in [-0.4, -0.2) is 46.6 Å². The quantitative estimate of drug-likeness (QED) is 0.590. The van der Waals surface area contributed by atoms with E-state index in [9.17, 15) is 10.1 Å². The number of fused-ring (bicyclic) bond motifs is 1. The van der Waals surface area contributed by atoms with Gasteiger partial charge in [0.05, 0.1) is 17.3 Å². The Kier molecular flexibility index (Phi) is 4.88. The highest BCUT2D eigenvalue weighted by Gasteiger charge is 2.20. The van der Waals surface area contributed by atoms with Gasteiger partial charge in [0.15, 0.2) is 0 Å². The first-order chi connectivity index (χ1) is 13.6. The Morgan fingerprint density at radius 1 is 1.21 bits per heavy atom. The van der Waals surface area contributed by atoms with Crippen molar-refractivity contribution in [2.45, 2.75) is 0 Å². The topological polar surface area (TPSA) is 64.6 Å². The summed E-state index contributed by atoms with van der Waals surface area (Å²) in [7, 11) is 0. The minimum atomic E-state index is -0.0113. The van der Waals surface area contributed by atoms with Crippen LogP contribution in [0.25, 0.3) is 16.6 Å². The van der Waals surface area contributed by atoms with Crippen LogP contribution in [0.1, 0.15) is 5.56 Å². The fourth-order valence-corrected chi connectivity index (χ4v) is 3.98. The SMILES string of the molecule is C=CC(=O)N1CCN(c2ccc(-c3cc(Br)cn4ncc(C#N)c34)cc2)CC1. The number of nitriles is 1. The Labute approximate surface area is 171 Å². The highest BCUT2D eigenvalue weighted by atomic mass is 79.9. The van der Waals surface area contributed by atoms with E-state index in [1.165, 1.54) is 6.08 Å². The maximum absolute atomic E-state index is 11.7. The van der Waals surface area contributed by atoms with Gasteiger partial charge >= 0.3 is 0 Å². The third-order valence-corrected chi connectivity index (χ3v) is 5.44. The molecule has 6 nitrogen and oxygen atoms in total. The van der Waals surface area contributed by atoms with Crippen molar-refractivity contribution in [3.63, 3.8) is 0 Å². The summed E-state index contributed by atoms with van der Waals surface area (Å²) in [5.74, 6) is -0.0113. The van der Waals surface area contributed by atoms with Crippen molar-refractivity contribution in [2.75, 3.05) is 31.1 Å². The van der Waals surface area contributed by atoms with Crippen LogP contribution < -0.4 is 4.90 Å². The van der Waals surface area contributed by atoms with Crippen LogP contribution in [0.15, 0.2) is 59.9 Å². The first kappa shape index (κ1) is 18.3. The van der Waals surface area contributed by atoms with Crippen molar-refractivity contribution in [1.82, 2.24) is 14.5 Å². The molecule has 1 saturated heterocycles. The van der Waals surface area contributed by atoms with E-state index in [0.717, 1.165) is 39.9 Å². The second-order valence-electron chi connectivity index (χ2n) is 6.60. The molecule has 7 heteroatoms. The number of hydrogen-bond donors (Lipinski definition) is 0. The van der Waals surface area contributed by atoms with Crippen LogP contribution in [0.5, 0.6) is 0 Å². The number of carbonyl (C=O) groups excluding carboxylic acids is 1. The molecule has 0 spiro atoms. The number of rotatable bonds is 3. The summed E-state index contributed by atoms with van der Waals surface area (Å²) < 4.78 is 2.62. The number of halogens is 1. The molecule has 3 aromatic rings. The van der Waals surface area contributed by atoms with Crippen molar-refractivity contribution in [3.8, 4) is 17.2 Å². The van der Waals surface area contributed by atoms with Crippen LogP contribution in [0.3, 0.4) is 0 Å². The number of carbonyl (C=O) groups is 1. The zero-order valence-corrected chi connectivity index (χ0v) is 16.8. The van der Waals surface area contributed by atoms with Gasteiger partial charge in [0.25, 0.3) is 0 Å². The third-order valence-electron chi connectivity index (χ3n) is 5.01. The van der Waals surface area contributed by atoms with Gasteiger partial charge in [0.1, 0.15) is 6.07 Å². The standard InChI is InChI=1S/C21H18BrN5O/c1-2-20(28)26-9-7-25(8-10-26)18-5-3-15(4-6-18)19-11-17(22)14-27-21(19)16(12-23)13-24-27/h2-6,11,13-14H,1,7-10H2. The van der Waals surface area contributed by atoms with Crippen LogP contribution in [0, 0.1) is 11.3 Å². The van der Waals surface area contributed by atoms with Crippen molar-refractivity contribution < 1.29 is 4.79 Å². The van der Waals surface area contributed by atoms with E-state index in [4.69, 9.17) is 0 Å². The summed E-state index contributed by atoms with van der Waals surface area (Å²) in [4.78, 5) is 15.8. The molecule has 4 rings (SSSR count). The van der Waals surface area contributed by atoms with Crippen molar-refractivity contribution in [3.05, 3.63) is 65.4 Å². The molecule has 2 aromatic heterocycles. The molecule has 0 N–H and O–H groups in total. The Morgan fingerprint density at radius 3 is 2.57 bits per heavy atom. The summed E-state index contributed by atoms with van der Waals surface area (Å²) in [6, 6.07) is 12.5. The van der Waals surface area contributed by atoms with Gasteiger partial charge in [-0.2, -0.15) is 10.4 Å². The number of pyridine rings is 1. The summed E-state index contributed by atoms with van der Waals surface area (Å²) in [5.41, 5.74) is 4.45. The molecule has 28 heavy (non-hydrogen) atoms. The molecule has 0 saturated carbocycles. The molecule has 0 aliphatic carbocycles. The monoisotopic (exact) mass is 435 g/mol. The molecule has 1 aliphatic heterocycles. The largest absolute Gasteiger partial charge is 0.368 e. The lowest BCUT2D eigenvalue weighted by Gasteiger charge is -2.35. The lowest BCUT2D eigenvalue weighted by Crippen LogP contribution is -2.48. The zero-order chi connectivity index (χ0) is 19.7. The Morgan fingerprint density at radius 2 is 1.93 bits per heavy atom. The van der Waals surface area contributed by atoms with E-state index in [2.05, 4.69) is 62.8 Å². The Bertz CT molecular complexity index is 1090. The van der Waals surface area contributed by atoms with E-state index in [1.54, 1.807) is 10.7 Å². The molecule has 0 radical (unpaired) electrons. The minimum Gasteiger partial charge on any atom is -0.368 e. The molecule has 1 fully saturated rings.